The highest BCUT2D eigenvalue weighted by molar-refractivity contribution is 5.91. The predicted octanol–water partition coefficient (Wildman–Crippen LogP) is 1.38. The number of hydrogen-bond donors (Lipinski definition) is 2. The predicted molar refractivity (Wildman–Crippen MR) is 51.1 cm³/mol. The summed E-state index contributed by atoms with van der Waals surface area (Å²) in [5.74, 6) is -4.05. The molecule has 0 heterocycles. The minimum absolute atomic E-state index is 0.303. The van der Waals surface area contributed by atoms with Crippen LogP contribution < -0.4 is 4.74 Å². The Bertz CT molecular complexity index is 429. The third-order valence-electron chi connectivity index (χ3n) is 1.84. The number of halogens is 1. The van der Waals surface area contributed by atoms with E-state index in [0.717, 1.165) is 6.07 Å². The van der Waals surface area contributed by atoms with Crippen LogP contribution in [0, 0.1) is 5.82 Å². The number of hydrogen-bond acceptors (Lipinski definition) is 3. The molecule has 1 rings (SSSR count). The summed E-state index contributed by atoms with van der Waals surface area (Å²) >= 11 is 0. The standard InChI is InChI=1S/C10H9FO5/c1-5(9(12)13)16-7-4-2-3-6(11)8(7)10(14)15/h2-5H,1H3,(H,12,13)(H,14,15). The van der Waals surface area contributed by atoms with E-state index >= 15 is 0 Å². The second-order valence-electron chi connectivity index (χ2n) is 3.02. The SMILES string of the molecule is CC(Oc1cccc(F)c1C(=O)O)C(=O)O. The Morgan fingerprint density at radius 3 is 2.50 bits per heavy atom. The molecular formula is C10H9FO5. The Hall–Kier alpha value is -2.11. The van der Waals surface area contributed by atoms with E-state index in [0.29, 0.717) is 0 Å². The average molecular weight is 228 g/mol. The van der Waals surface area contributed by atoms with Crippen molar-refractivity contribution in [1.82, 2.24) is 0 Å². The minimum Gasteiger partial charge on any atom is -0.479 e. The third-order valence-corrected chi connectivity index (χ3v) is 1.84. The van der Waals surface area contributed by atoms with Crippen LogP contribution in [0.4, 0.5) is 4.39 Å². The molecule has 0 bridgehead atoms. The van der Waals surface area contributed by atoms with Gasteiger partial charge in [-0.05, 0) is 19.1 Å². The van der Waals surface area contributed by atoms with Gasteiger partial charge in [-0.15, -0.1) is 0 Å². The Morgan fingerprint density at radius 1 is 1.38 bits per heavy atom. The van der Waals surface area contributed by atoms with E-state index in [-0.39, 0.29) is 5.75 Å². The summed E-state index contributed by atoms with van der Waals surface area (Å²) in [6, 6.07) is 3.40. The fourth-order valence-corrected chi connectivity index (χ4v) is 1.05. The van der Waals surface area contributed by atoms with Gasteiger partial charge in [0, 0.05) is 0 Å². The first-order chi connectivity index (χ1) is 7.43. The Morgan fingerprint density at radius 2 is 2.00 bits per heavy atom. The van der Waals surface area contributed by atoms with Crippen molar-refractivity contribution in [1.29, 1.82) is 0 Å². The summed E-state index contributed by atoms with van der Waals surface area (Å²) in [6.07, 6.45) is -1.25. The molecule has 1 atom stereocenters. The highest BCUT2D eigenvalue weighted by atomic mass is 19.1. The zero-order valence-corrected chi connectivity index (χ0v) is 8.31. The highest BCUT2D eigenvalue weighted by Gasteiger charge is 2.20. The van der Waals surface area contributed by atoms with E-state index in [1.54, 1.807) is 0 Å². The Balaban J connectivity index is 3.09. The van der Waals surface area contributed by atoms with Gasteiger partial charge >= 0.3 is 11.9 Å². The number of aromatic carboxylic acids is 1. The Labute approximate surface area is 90.1 Å². The van der Waals surface area contributed by atoms with Gasteiger partial charge < -0.3 is 14.9 Å². The van der Waals surface area contributed by atoms with Gasteiger partial charge in [0.05, 0.1) is 0 Å². The molecule has 0 aliphatic rings. The quantitative estimate of drug-likeness (QED) is 0.813. The van der Waals surface area contributed by atoms with Crippen LogP contribution >= 0.6 is 0 Å². The number of benzene rings is 1. The van der Waals surface area contributed by atoms with E-state index in [2.05, 4.69) is 0 Å². The second kappa shape index (κ2) is 4.61. The molecule has 2 N–H and O–H groups in total. The van der Waals surface area contributed by atoms with Crippen LogP contribution in [0.3, 0.4) is 0 Å². The van der Waals surface area contributed by atoms with Gasteiger partial charge in [0.2, 0.25) is 0 Å². The molecule has 16 heavy (non-hydrogen) atoms. The van der Waals surface area contributed by atoms with Gasteiger partial charge in [-0.1, -0.05) is 6.07 Å². The average Bonchev–Trinajstić information content (AvgIpc) is 2.16. The molecule has 1 aromatic rings. The van der Waals surface area contributed by atoms with E-state index < -0.39 is 29.4 Å². The molecule has 0 radical (unpaired) electrons. The van der Waals surface area contributed by atoms with Crippen molar-refractivity contribution < 1.29 is 28.9 Å². The topological polar surface area (TPSA) is 83.8 Å². The van der Waals surface area contributed by atoms with Crippen LogP contribution in [0.2, 0.25) is 0 Å². The number of ether oxygens (including phenoxy) is 1. The van der Waals surface area contributed by atoms with Crippen molar-refractivity contribution >= 4 is 11.9 Å². The first-order valence-electron chi connectivity index (χ1n) is 4.34. The number of rotatable bonds is 4. The number of carbonyl (C=O) groups is 2. The molecule has 0 fully saturated rings. The van der Waals surface area contributed by atoms with Crippen LogP contribution in [0.1, 0.15) is 17.3 Å². The molecule has 0 amide bonds. The van der Waals surface area contributed by atoms with Crippen molar-refractivity contribution in [2.45, 2.75) is 13.0 Å². The van der Waals surface area contributed by atoms with Gasteiger partial charge in [0.1, 0.15) is 17.1 Å². The molecular weight excluding hydrogens is 219 g/mol. The fourth-order valence-electron chi connectivity index (χ4n) is 1.05. The molecule has 1 aromatic carbocycles. The van der Waals surface area contributed by atoms with Gasteiger partial charge in [0.25, 0.3) is 0 Å². The van der Waals surface area contributed by atoms with Gasteiger partial charge in [-0.25, -0.2) is 14.0 Å². The number of aliphatic carboxylic acids is 1. The summed E-state index contributed by atoms with van der Waals surface area (Å²) in [5.41, 5.74) is -0.671. The maximum atomic E-state index is 13.1. The molecule has 0 spiro atoms. The summed E-state index contributed by atoms with van der Waals surface area (Å²) < 4.78 is 18.0. The van der Waals surface area contributed by atoms with Crippen molar-refractivity contribution in [3.05, 3.63) is 29.6 Å². The Kier molecular flexibility index (Phi) is 3.44. The van der Waals surface area contributed by atoms with Crippen molar-refractivity contribution in [3.63, 3.8) is 0 Å². The summed E-state index contributed by atoms with van der Waals surface area (Å²) in [6.45, 7) is 1.22. The lowest BCUT2D eigenvalue weighted by molar-refractivity contribution is -0.144. The van der Waals surface area contributed by atoms with E-state index in [1.807, 2.05) is 0 Å². The molecule has 0 saturated heterocycles. The van der Waals surface area contributed by atoms with Crippen LogP contribution in [0.25, 0.3) is 0 Å². The van der Waals surface area contributed by atoms with Gasteiger partial charge in [-0.2, -0.15) is 0 Å². The first-order valence-corrected chi connectivity index (χ1v) is 4.34. The molecule has 0 aliphatic carbocycles. The number of carboxylic acid groups (broad SMARTS) is 2. The lowest BCUT2D eigenvalue weighted by atomic mass is 10.2. The van der Waals surface area contributed by atoms with Crippen LogP contribution in [-0.2, 0) is 4.79 Å². The van der Waals surface area contributed by atoms with E-state index in [9.17, 15) is 14.0 Å². The molecule has 5 nitrogen and oxygen atoms in total. The summed E-state index contributed by atoms with van der Waals surface area (Å²) in [5, 5.41) is 17.3. The zero-order chi connectivity index (χ0) is 12.3. The highest BCUT2D eigenvalue weighted by Crippen LogP contribution is 2.22. The molecule has 1 unspecified atom stereocenters. The maximum Gasteiger partial charge on any atom is 0.344 e. The first kappa shape index (κ1) is 12.0. The third kappa shape index (κ3) is 2.47. The van der Waals surface area contributed by atoms with E-state index in [4.69, 9.17) is 14.9 Å². The molecule has 0 aromatic heterocycles. The van der Waals surface area contributed by atoms with Crippen molar-refractivity contribution in [2.24, 2.45) is 0 Å². The summed E-state index contributed by atoms with van der Waals surface area (Å²) in [4.78, 5) is 21.2. The largest absolute Gasteiger partial charge is 0.479 e. The molecule has 6 heteroatoms. The fraction of sp³-hybridized carbons (Fsp3) is 0.200. The lowest BCUT2D eigenvalue weighted by Crippen LogP contribution is -2.24. The van der Waals surface area contributed by atoms with Gasteiger partial charge in [0.15, 0.2) is 6.10 Å². The lowest BCUT2D eigenvalue weighted by Gasteiger charge is -2.12. The molecule has 86 valence electrons. The van der Waals surface area contributed by atoms with Crippen LogP contribution in [-0.4, -0.2) is 28.3 Å². The summed E-state index contributed by atoms with van der Waals surface area (Å²) in [7, 11) is 0. The monoisotopic (exact) mass is 228 g/mol. The van der Waals surface area contributed by atoms with Gasteiger partial charge in [-0.3, -0.25) is 0 Å². The zero-order valence-electron chi connectivity index (χ0n) is 8.31. The van der Waals surface area contributed by atoms with Crippen molar-refractivity contribution in [3.8, 4) is 5.75 Å². The second-order valence-corrected chi connectivity index (χ2v) is 3.02. The van der Waals surface area contributed by atoms with Crippen LogP contribution in [0.5, 0.6) is 5.75 Å². The number of carboxylic acids is 2. The molecule has 0 aliphatic heterocycles. The maximum absolute atomic E-state index is 13.1. The minimum atomic E-state index is -1.51. The van der Waals surface area contributed by atoms with E-state index in [1.165, 1.54) is 19.1 Å². The van der Waals surface area contributed by atoms with Crippen LogP contribution in [0.15, 0.2) is 18.2 Å². The normalized spacial score (nSPS) is 11.9. The smallest absolute Gasteiger partial charge is 0.344 e. The van der Waals surface area contributed by atoms with Crippen molar-refractivity contribution in [2.75, 3.05) is 0 Å². The molecule has 0 saturated carbocycles.